The van der Waals surface area contributed by atoms with Gasteiger partial charge in [-0.1, -0.05) is 54.2 Å². The molecule has 0 aromatic heterocycles. The number of halogens is 1. The van der Waals surface area contributed by atoms with Gasteiger partial charge in [0.25, 0.3) is 0 Å². The maximum absolute atomic E-state index is 13.9. The quantitative estimate of drug-likeness (QED) is 0.703. The van der Waals surface area contributed by atoms with Crippen LogP contribution in [-0.4, -0.2) is 34.8 Å². The first kappa shape index (κ1) is 19.8. The Hall–Kier alpha value is -2.51. The zero-order valence-electron chi connectivity index (χ0n) is 16.0. The molecule has 2 aromatic carbocycles. The highest BCUT2D eigenvalue weighted by Gasteiger charge is 2.48. The molecule has 2 aromatic rings. The summed E-state index contributed by atoms with van der Waals surface area (Å²) in [5.41, 5.74) is 8.27. The van der Waals surface area contributed by atoms with E-state index in [2.05, 4.69) is 17.1 Å². The number of benzene rings is 2. The summed E-state index contributed by atoms with van der Waals surface area (Å²) in [6.45, 7) is 0.561. The molecule has 0 aliphatic carbocycles. The number of carbonyl (C=O) groups excluding carboxylic acids is 1. The molecule has 0 spiro atoms. The van der Waals surface area contributed by atoms with E-state index in [4.69, 9.17) is 10.8 Å². The van der Waals surface area contributed by atoms with Crippen molar-refractivity contribution in [2.45, 2.75) is 36.7 Å². The summed E-state index contributed by atoms with van der Waals surface area (Å²) in [5.74, 6) is -0.293. The summed E-state index contributed by atoms with van der Waals surface area (Å²) in [6, 6.07) is 16.7. The number of hydrazone groups is 1. The average molecular weight is 411 g/mol. The molecule has 7 heteroatoms. The molecule has 0 saturated heterocycles. The van der Waals surface area contributed by atoms with Gasteiger partial charge in [0.15, 0.2) is 6.29 Å². The highest BCUT2D eigenvalue weighted by atomic mass is 32.2. The van der Waals surface area contributed by atoms with E-state index in [0.717, 1.165) is 41.7 Å². The standard InChI is InChI=1S/C22H23FN4OS/c23-18-9-4-6-16(14-18)21-26-27(20-11-10-19(15-28)25-20)22(29-21,12-5-13-24)17-7-2-1-3-8-17/h1-4,6-9,14-15,20H,5,10-13,24H2. The molecule has 2 aliphatic heterocycles. The second kappa shape index (κ2) is 8.47. The van der Waals surface area contributed by atoms with Gasteiger partial charge in [0.2, 0.25) is 0 Å². The minimum atomic E-state index is -0.505. The monoisotopic (exact) mass is 410 g/mol. The van der Waals surface area contributed by atoms with Crippen LogP contribution < -0.4 is 5.73 Å². The van der Waals surface area contributed by atoms with Crippen molar-refractivity contribution in [3.05, 3.63) is 71.5 Å². The Labute approximate surface area is 173 Å². The van der Waals surface area contributed by atoms with Crippen LogP contribution in [0.2, 0.25) is 0 Å². The van der Waals surface area contributed by atoms with Crippen LogP contribution in [0.4, 0.5) is 4.39 Å². The van der Waals surface area contributed by atoms with Crippen LogP contribution in [0.1, 0.15) is 36.8 Å². The summed E-state index contributed by atoms with van der Waals surface area (Å²) < 4.78 is 13.9. The predicted octanol–water partition coefficient (Wildman–Crippen LogP) is 3.89. The summed E-state index contributed by atoms with van der Waals surface area (Å²) in [7, 11) is 0. The maximum Gasteiger partial charge on any atom is 0.163 e. The van der Waals surface area contributed by atoms with E-state index in [1.54, 1.807) is 17.8 Å². The molecule has 2 N–H and O–H groups in total. The van der Waals surface area contributed by atoms with E-state index in [1.165, 1.54) is 12.1 Å². The lowest BCUT2D eigenvalue weighted by Crippen LogP contribution is -2.42. The zero-order chi connectivity index (χ0) is 20.3. The van der Waals surface area contributed by atoms with Gasteiger partial charge >= 0.3 is 0 Å². The second-order valence-corrected chi connectivity index (χ2v) is 8.43. The molecule has 0 radical (unpaired) electrons. The Balaban J connectivity index is 1.81. The molecule has 0 saturated carbocycles. The van der Waals surface area contributed by atoms with E-state index >= 15 is 0 Å². The summed E-state index contributed by atoms with van der Waals surface area (Å²) >= 11 is 1.61. The van der Waals surface area contributed by atoms with Crippen molar-refractivity contribution >= 4 is 28.8 Å². The van der Waals surface area contributed by atoms with Crippen molar-refractivity contribution in [2.75, 3.05) is 6.54 Å². The largest absolute Gasteiger partial charge is 0.330 e. The molecular weight excluding hydrogens is 387 g/mol. The average Bonchev–Trinajstić information content (AvgIpc) is 3.38. The van der Waals surface area contributed by atoms with Gasteiger partial charge in [0.05, 0.1) is 5.71 Å². The minimum Gasteiger partial charge on any atom is -0.330 e. The number of hydrogen-bond donors (Lipinski definition) is 1. The van der Waals surface area contributed by atoms with Crippen molar-refractivity contribution < 1.29 is 9.18 Å². The molecule has 4 rings (SSSR count). The normalized spacial score (nSPS) is 23.8. The highest BCUT2D eigenvalue weighted by molar-refractivity contribution is 8.15. The molecule has 2 heterocycles. The van der Waals surface area contributed by atoms with Gasteiger partial charge in [-0.25, -0.2) is 4.39 Å². The van der Waals surface area contributed by atoms with Gasteiger partial charge in [-0.3, -0.25) is 14.8 Å². The van der Waals surface area contributed by atoms with Gasteiger partial charge in [0.1, 0.15) is 21.9 Å². The van der Waals surface area contributed by atoms with Gasteiger partial charge in [-0.2, -0.15) is 5.10 Å². The molecule has 2 unspecified atom stereocenters. The number of hydrogen-bond acceptors (Lipinski definition) is 6. The Kier molecular flexibility index (Phi) is 5.78. The fourth-order valence-corrected chi connectivity index (χ4v) is 5.31. The fraction of sp³-hybridized carbons (Fsp3) is 0.318. The van der Waals surface area contributed by atoms with Crippen molar-refractivity contribution in [3.8, 4) is 0 Å². The van der Waals surface area contributed by atoms with Crippen LogP contribution in [-0.2, 0) is 9.67 Å². The van der Waals surface area contributed by atoms with Gasteiger partial charge < -0.3 is 5.73 Å². The molecular formula is C22H23FN4OS. The zero-order valence-corrected chi connectivity index (χ0v) is 16.8. The van der Waals surface area contributed by atoms with Crippen LogP contribution in [0.3, 0.4) is 0 Å². The number of aliphatic imine (C=N–C) groups is 1. The van der Waals surface area contributed by atoms with Crippen molar-refractivity contribution in [2.24, 2.45) is 15.8 Å². The van der Waals surface area contributed by atoms with Crippen molar-refractivity contribution in [1.29, 1.82) is 0 Å². The van der Waals surface area contributed by atoms with Crippen molar-refractivity contribution in [1.82, 2.24) is 5.01 Å². The number of nitrogens with zero attached hydrogens (tertiary/aromatic N) is 3. The smallest absolute Gasteiger partial charge is 0.163 e. The van der Waals surface area contributed by atoms with E-state index in [1.807, 2.05) is 29.3 Å². The molecule has 2 atom stereocenters. The van der Waals surface area contributed by atoms with Gasteiger partial charge in [-0.15, -0.1) is 0 Å². The first-order valence-electron chi connectivity index (χ1n) is 9.76. The lowest BCUT2D eigenvalue weighted by Gasteiger charge is -2.39. The third kappa shape index (κ3) is 3.84. The molecule has 29 heavy (non-hydrogen) atoms. The van der Waals surface area contributed by atoms with Crippen LogP contribution in [0.5, 0.6) is 0 Å². The predicted molar refractivity (Wildman–Crippen MR) is 115 cm³/mol. The molecule has 0 bridgehead atoms. The second-order valence-electron chi connectivity index (χ2n) is 7.16. The van der Waals surface area contributed by atoms with Gasteiger partial charge in [0, 0.05) is 5.56 Å². The van der Waals surface area contributed by atoms with Crippen LogP contribution >= 0.6 is 11.8 Å². The highest BCUT2D eigenvalue weighted by Crippen LogP contribution is 2.52. The summed E-state index contributed by atoms with van der Waals surface area (Å²) in [6.07, 6.45) is 3.54. The third-order valence-electron chi connectivity index (χ3n) is 5.24. The first-order valence-corrected chi connectivity index (χ1v) is 10.6. The number of aldehydes is 1. The van der Waals surface area contributed by atoms with Crippen LogP contribution in [0.25, 0.3) is 0 Å². The maximum atomic E-state index is 13.9. The Bertz CT molecular complexity index is 949. The minimum absolute atomic E-state index is 0.230. The fourth-order valence-electron chi connectivity index (χ4n) is 3.86. The van der Waals surface area contributed by atoms with Gasteiger partial charge in [-0.05, 0) is 49.9 Å². The molecule has 0 fully saturated rings. The summed E-state index contributed by atoms with van der Waals surface area (Å²) in [4.78, 5) is 15.4. The van der Waals surface area contributed by atoms with E-state index in [-0.39, 0.29) is 12.0 Å². The molecule has 0 amide bonds. The molecule has 2 aliphatic rings. The number of rotatable bonds is 7. The third-order valence-corrected chi connectivity index (χ3v) is 6.72. The SMILES string of the molecule is NCCCC1(c2ccccc2)SC(c2cccc(F)c2)=NN1C1CCC(C=O)=N1. The molecule has 5 nitrogen and oxygen atoms in total. The lowest BCUT2D eigenvalue weighted by atomic mass is 9.99. The summed E-state index contributed by atoms with van der Waals surface area (Å²) in [5, 5.41) is 7.68. The van der Waals surface area contributed by atoms with E-state index < -0.39 is 4.87 Å². The Morgan fingerprint density at radius 1 is 1.24 bits per heavy atom. The van der Waals surface area contributed by atoms with Crippen LogP contribution in [0.15, 0.2) is 64.7 Å². The first-order chi connectivity index (χ1) is 14.2. The number of thioether (sulfide) groups is 1. The number of carbonyl (C=O) groups is 1. The Morgan fingerprint density at radius 2 is 2.07 bits per heavy atom. The number of nitrogens with two attached hydrogens (primary N) is 1. The molecule has 150 valence electrons. The van der Waals surface area contributed by atoms with Crippen LogP contribution in [0, 0.1) is 5.82 Å². The van der Waals surface area contributed by atoms with E-state index in [0.29, 0.717) is 18.7 Å². The lowest BCUT2D eigenvalue weighted by molar-refractivity contribution is -0.102. The topological polar surface area (TPSA) is 71.0 Å². The van der Waals surface area contributed by atoms with E-state index in [9.17, 15) is 9.18 Å². The van der Waals surface area contributed by atoms with Crippen molar-refractivity contribution in [3.63, 3.8) is 0 Å². The Morgan fingerprint density at radius 3 is 2.76 bits per heavy atom.